The lowest BCUT2D eigenvalue weighted by atomic mass is 9.79. The minimum Gasteiger partial charge on any atom is -0.465 e. The van der Waals surface area contributed by atoms with Gasteiger partial charge in [0.05, 0.1) is 17.8 Å². The van der Waals surface area contributed by atoms with Crippen molar-refractivity contribution in [1.29, 1.82) is 0 Å². The zero-order valence-electron chi connectivity index (χ0n) is 15.3. The molecule has 1 aromatic carbocycles. The molecule has 3 rings (SSSR count). The molecule has 2 aromatic rings. The van der Waals surface area contributed by atoms with Crippen LogP contribution in [0.25, 0.3) is 10.9 Å². The van der Waals surface area contributed by atoms with Crippen LogP contribution in [0, 0.1) is 0 Å². The molecular formula is C18H23BClNO4. The number of carbonyl (C=O) groups is 1. The first-order valence-corrected chi connectivity index (χ1v) is 8.82. The Bertz CT molecular complexity index is 799. The average Bonchev–Trinajstić information content (AvgIpc) is 2.96. The summed E-state index contributed by atoms with van der Waals surface area (Å²) in [6.45, 7) is 10.3. The maximum absolute atomic E-state index is 11.9. The Labute approximate surface area is 153 Å². The summed E-state index contributed by atoms with van der Waals surface area (Å²) in [6.07, 6.45) is 1.87. The van der Waals surface area contributed by atoms with E-state index in [0.717, 1.165) is 16.4 Å². The van der Waals surface area contributed by atoms with E-state index in [-0.39, 0.29) is 12.5 Å². The molecule has 0 unspecified atom stereocenters. The van der Waals surface area contributed by atoms with Crippen molar-refractivity contribution in [3.8, 4) is 0 Å². The first-order valence-electron chi connectivity index (χ1n) is 8.45. The minimum atomic E-state index is -0.546. The number of hydrogen-bond donors (Lipinski definition) is 0. The molecule has 1 fully saturated rings. The van der Waals surface area contributed by atoms with Crippen molar-refractivity contribution in [3.63, 3.8) is 0 Å². The number of rotatable bonds is 4. The number of esters is 1. The molecule has 0 radical (unpaired) electrons. The van der Waals surface area contributed by atoms with Crippen LogP contribution in [0.2, 0.25) is 5.02 Å². The third-order valence-corrected chi connectivity index (χ3v) is 5.31. The maximum Gasteiger partial charge on any atom is 0.497 e. The summed E-state index contributed by atoms with van der Waals surface area (Å²) < 4.78 is 19.2. The predicted octanol–water partition coefficient (Wildman–Crippen LogP) is 3.16. The molecule has 0 atom stereocenters. The Balaban J connectivity index is 2.06. The molecule has 0 saturated carbocycles. The van der Waals surface area contributed by atoms with E-state index < -0.39 is 18.3 Å². The monoisotopic (exact) mass is 363 g/mol. The summed E-state index contributed by atoms with van der Waals surface area (Å²) in [5.41, 5.74) is 0.775. The first-order chi connectivity index (χ1) is 11.7. The number of ether oxygens (including phenoxy) is 1. The predicted molar refractivity (Wildman–Crippen MR) is 99.3 cm³/mol. The van der Waals surface area contributed by atoms with Gasteiger partial charge in [0.15, 0.2) is 0 Å². The van der Waals surface area contributed by atoms with Gasteiger partial charge in [-0.15, -0.1) is 0 Å². The summed E-state index contributed by atoms with van der Waals surface area (Å²) >= 11 is 6.45. The lowest BCUT2D eigenvalue weighted by Gasteiger charge is -2.32. The molecule has 0 bridgehead atoms. The second kappa shape index (κ2) is 6.34. The largest absolute Gasteiger partial charge is 0.497 e. The lowest BCUT2D eigenvalue weighted by Crippen LogP contribution is -2.41. The Kier molecular flexibility index (Phi) is 4.64. The van der Waals surface area contributed by atoms with Gasteiger partial charge in [0.25, 0.3) is 0 Å². The van der Waals surface area contributed by atoms with E-state index in [1.165, 1.54) is 0 Å². The number of fused-ring (bicyclic) bond motifs is 1. The van der Waals surface area contributed by atoms with Gasteiger partial charge in [0.1, 0.15) is 6.54 Å². The highest BCUT2D eigenvalue weighted by molar-refractivity contribution is 6.66. The number of nitrogens with zero attached hydrogens (tertiary/aromatic N) is 1. The fraction of sp³-hybridized carbons (Fsp3) is 0.500. The van der Waals surface area contributed by atoms with Crippen LogP contribution in [-0.4, -0.2) is 35.5 Å². The lowest BCUT2D eigenvalue weighted by molar-refractivity contribution is -0.143. The van der Waals surface area contributed by atoms with Crippen LogP contribution in [0.15, 0.2) is 24.4 Å². The summed E-state index contributed by atoms with van der Waals surface area (Å²) in [4.78, 5) is 11.9. The van der Waals surface area contributed by atoms with Crippen LogP contribution in [0.1, 0.15) is 34.6 Å². The third kappa shape index (κ3) is 3.19. The normalized spacial score (nSPS) is 18.7. The summed E-state index contributed by atoms with van der Waals surface area (Å²) in [6, 6.07) is 5.61. The van der Waals surface area contributed by atoms with Crippen LogP contribution < -0.4 is 5.46 Å². The highest BCUT2D eigenvalue weighted by Gasteiger charge is 2.52. The number of hydrogen-bond acceptors (Lipinski definition) is 4. The summed E-state index contributed by atoms with van der Waals surface area (Å²) in [7, 11) is -0.546. The fourth-order valence-electron chi connectivity index (χ4n) is 2.97. The molecule has 2 heterocycles. The Morgan fingerprint density at radius 1 is 1.24 bits per heavy atom. The second-order valence-electron chi connectivity index (χ2n) is 7.24. The van der Waals surface area contributed by atoms with E-state index in [0.29, 0.717) is 11.6 Å². The molecule has 1 saturated heterocycles. The molecule has 7 heteroatoms. The molecule has 5 nitrogen and oxygen atoms in total. The van der Waals surface area contributed by atoms with Gasteiger partial charge in [-0.3, -0.25) is 4.79 Å². The van der Waals surface area contributed by atoms with Gasteiger partial charge in [-0.25, -0.2) is 0 Å². The fourth-order valence-corrected chi connectivity index (χ4v) is 3.24. The molecule has 0 spiro atoms. The zero-order chi connectivity index (χ0) is 18.4. The number of aromatic nitrogens is 1. The third-order valence-electron chi connectivity index (χ3n) is 5.00. The van der Waals surface area contributed by atoms with E-state index in [2.05, 4.69) is 0 Å². The van der Waals surface area contributed by atoms with E-state index in [4.69, 9.17) is 25.6 Å². The number of benzene rings is 1. The molecule has 1 aromatic heterocycles. The van der Waals surface area contributed by atoms with E-state index in [1.807, 2.05) is 56.7 Å². The molecule has 0 N–H and O–H groups in total. The quantitative estimate of drug-likeness (QED) is 0.618. The first kappa shape index (κ1) is 18.3. The highest BCUT2D eigenvalue weighted by atomic mass is 35.5. The van der Waals surface area contributed by atoms with Crippen LogP contribution >= 0.6 is 11.6 Å². The van der Waals surface area contributed by atoms with Gasteiger partial charge in [-0.2, -0.15) is 0 Å². The van der Waals surface area contributed by atoms with E-state index in [1.54, 1.807) is 6.92 Å². The molecule has 0 amide bonds. The van der Waals surface area contributed by atoms with Crippen molar-refractivity contribution in [3.05, 3.63) is 29.4 Å². The number of halogens is 1. The van der Waals surface area contributed by atoms with Gasteiger partial charge < -0.3 is 18.6 Å². The topological polar surface area (TPSA) is 49.7 Å². The molecule has 134 valence electrons. The molecule has 0 aliphatic carbocycles. The van der Waals surface area contributed by atoms with Gasteiger partial charge in [0.2, 0.25) is 0 Å². The zero-order valence-corrected chi connectivity index (χ0v) is 16.0. The van der Waals surface area contributed by atoms with Crippen LogP contribution in [0.3, 0.4) is 0 Å². The van der Waals surface area contributed by atoms with Gasteiger partial charge in [0, 0.05) is 27.6 Å². The minimum absolute atomic E-state index is 0.115. The Morgan fingerprint density at radius 3 is 2.48 bits per heavy atom. The second-order valence-corrected chi connectivity index (χ2v) is 7.65. The maximum atomic E-state index is 11.9. The summed E-state index contributed by atoms with van der Waals surface area (Å²) in [5.74, 6) is -0.292. The Hall–Kier alpha value is -1.50. The molecule has 1 aliphatic heterocycles. The van der Waals surface area contributed by atoms with Crippen molar-refractivity contribution in [1.82, 2.24) is 4.57 Å². The molecule has 1 aliphatic rings. The van der Waals surface area contributed by atoms with Gasteiger partial charge in [-0.05, 0) is 46.8 Å². The van der Waals surface area contributed by atoms with Crippen molar-refractivity contribution >= 4 is 41.1 Å². The molecule has 25 heavy (non-hydrogen) atoms. The van der Waals surface area contributed by atoms with Crippen molar-refractivity contribution < 1.29 is 18.8 Å². The van der Waals surface area contributed by atoms with E-state index in [9.17, 15) is 4.79 Å². The number of carbonyl (C=O) groups excluding carboxylic acids is 1. The molecular weight excluding hydrogens is 340 g/mol. The van der Waals surface area contributed by atoms with Crippen molar-refractivity contribution in [2.45, 2.75) is 52.4 Å². The standard InChI is InChI=1S/C18H23BClNO4/c1-6-23-15(22)11-21-10-12(16-13(20)8-7-9-14(16)21)19-24-17(2,3)18(4,5)25-19/h7-10H,6,11H2,1-5H3. The average molecular weight is 364 g/mol. The van der Waals surface area contributed by atoms with Crippen LogP contribution in [0.4, 0.5) is 0 Å². The van der Waals surface area contributed by atoms with Gasteiger partial charge in [-0.1, -0.05) is 17.7 Å². The Morgan fingerprint density at radius 2 is 1.88 bits per heavy atom. The van der Waals surface area contributed by atoms with Gasteiger partial charge >= 0.3 is 13.1 Å². The van der Waals surface area contributed by atoms with E-state index >= 15 is 0 Å². The van der Waals surface area contributed by atoms with Crippen LogP contribution in [-0.2, 0) is 25.4 Å². The van der Waals surface area contributed by atoms with Crippen molar-refractivity contribution in [2.24, 2.45) is 0 Å². The SMILES string of the molecule is CCOC(=O)Cn1cc(B2OC(C)(C)C(C)(C)O2)c2c(Cl)cccc21. The smallest absolute Gasteiger partial charge is 0.465 e. The highest BCUT2D eigenvalue weighted by Crippen LogP contribution is 2.37. The van der Waals surface area contributed by atoms with Crippen molar-refractivity contribution in [2.75, 3.05) is 6.61 Å². The van der Waals surface area contributed by atoms with Crippen LogP contribution in [0.5, 0.6) is 0 Å². The summed E-state index contributed by atoms with van der Waals surface area (Å²) in [5, 5.41) is 1.44.